The summed E-state index contributed by atoms with van der Waals surface area (Å²) >= 11 is 0. The summed E-state index contributed by atoms with van der Waals surface area (Å²) in [4.78, 5) is 2.42. The molecule has 1 aliphatic rings. The maximum Gasteiger partial charge on any atom is 0.0632 e. The largest absolute Gasteiger partial charge is 0.390 e. The van der Waals surface area contributed by atoms with Crippen LogP contribution >= 0.6 is 0 Å². The van der Waals surface area contributed by atoms with Crippen molar-refractivity contribution in [2.45, 2.75) is 39.2 Å². The first-order valence-corrected chi connectivity index (χ1v) is 4.98. The second kappa shape index (κ2) is 3.75. The van der Waals surface area contributed by atoms with Crippen molar-refractivity contribution in [3.05, 3.63) is 0 Å². The van der Waals surface area contributed by atoms with Crippen LogP contribution in [-0.4, -0.2) is 35.2 Å². The zero-order chi connectivity index (χ0) is 9.19. The molecule has 0 aliphatic carbocycles. The minimum absolute atomic E-state index is 0.464. The van der Waals surface area contributed by atoms with Crippen LogP contribution in [0.25, 0.3) is 0 Å². The molecule has 0 aromatic rings. The van der Waals surface area contributed by atoms with E-state index in [4.69, 9.17) is 0 Å². The molecular weight excluding hydrogens is 150 g/mol. The average molecular weight is 171 g/mol. The van der Waals surface area contributed by atoms with E-state index in [1.807, 2.05) is 13.8 Å². The van der Waals surface area contributed by atoms with Crippen LogP contribution in [0.5, 0.6) is 0 Å². The molecule has 0 bridgehead atoms. The molecule has 1 aliphatic heterocycles. The van der Waals surface area contributed by atoms with E-state index < -0.39 is 5.60 Å². The van der Waals surface area contributed by atoms with Gasteiger partial charge in [-0.25, -0.2) is 0 Å². The highest BCUT2D eigenvalue weighted by Crippen LogP contribution is 2.26. The van der Waals surface area contributed by atoms with Crippen molar-refractivity contribution >= 4 is 0 Å². The molecule has 1 rings (SSSR count). The molecule has 1 fully saturated rings. The summed E-state index contributed by atoms with van der Waals surface area (Å²) < 4.78 is 0. The third-order valence-corrected chi connectivity index (χ3v) is 2.95. The van der Waals surface area contributed by atoms with Gasteiger partial charge < -0.3 is 10.0 Å². The summed E-state index contributed by atoms with van der Waals surface area (Å²) in [6, 6.07) is 0. The summed E-state index contributed by atoms with van der Waals surface area (Å²) in [6.07, 6.45) is 2.42. The Kier molecular flexibility index (Phi) is 3.13. The zero-order valence-corrected chi connectivity index (χ0v) is 8.51. The Bertz CT molecular complexity index is 139. The molecule has 1 N–H and O–H groups in total. The fourth-order valence-corrected chi connectivity index (χ4v) is 1.92. The third-order valence-electron chi connectivity index (χ3n) is 2.95. The number of aliphatic hydroxyl groups is 1. The van der Waals surface area contributed by atoms with Crippen molar-refractivity contribution in [1.82, 2.24) is 4.90 Å². The van der Waals surface area contributed by atoms with E-state index in [0.717, 1.165) is 13.1 Å². The topological polar surface area (TPSA) is 23.5 Å². The van der Waals surface area contributed by atoms with Crippen molar-refractivity contribution in [1.29, 1.82) is 0 Å². The second-order valence-electron chi connectivity index (χ2n) is 4.39. The quantitative estimate of drug-likeness (QED) is 0.680. The van der Waals surface area contributed by atoms with Crippen LogP contribution in [0, 0.1) is 5.92 Å². The first kappa shape index (κ1) is 10.0. The first-order valence-electron chi connectivity index (χ1n) is 4.98. The Hall–Kier alpha value is -0.0800. The smallest absolute Gasteiger partial charge is 0.0632 e. The molecule has 12 heavy (non-hydrogen) atoms. The zero-order valence-electron chi connectivity index (χ0n) is 8.51. The van der Waals surface area contributed by atoms with Crippen LogP contribution in [0.15, 0.2) is 0 Å². The van der Waals surface area contributed by atoms with Gasteiger partial charge >= 0.3 is 0 Å². The van der Waals surface area contributed by atoms with Gasteiger partial charge in [-0.3, -0.25) is 0 Å². The molecule has 0 radical (unpaired) electrons. The lowest BCUT2D eigenvalue weighted by Crippen LogP contribution is -2.44. The molecule has 0 amide bonds. The van der Waals surface area contributed by atoms with E-state index in [1.54, 1.807) is 0 Å². The number of likely N-dealkylation sites (tertiary alicyclic amines) is 1. The minimum atomic E-state index is -0.492. The summed E-state index contributed by atoms with van der Waals surface area (Å²) in [5.74, 6) is 0.464. The van der Waals surface area contributed by atoms with Crippen LogP contribution in [0.1, 0.15) is 33.6 Å². The first-order chi connectivity index (χ1) is 5.54. The van der Waals surface area contributed by atoms with Crippen molar-refractivity contribution in [2.75, 3.05) is 19.6 Å². The molecular formula is C10H21NO. The lowest BCUT2D eigenvalue weighted by molar-refractivity contribution is -0.0171. The SMILES string of the molecule is CCN1CCC[C@@H](C(C)(C)O)C1. The fraction of sp³-hybridized carbons (Fsp3) is 1.00. The van der Waals surface area contributed by atoms with E-state index in [2.05, 4.69) is 11.8 Å². The van der Waals surface area contributed by atoms with Crippen LogP contribution in [0.2, 0.25) is 0 Å². The maximum absolute atomic E-state index is 9.83. The van der Waals surface area contributed by atoms with Crippen molar-refractivity contribution in [2.24, 2.45) is 5.92 Å². The summed E-state index contributed by atoms with van der Waals surface area (Å²) in [6.45, 7) is 9.44. The van der Waals surface area contributed by atoms with Crippen LogP contribution in [-0.2, 0) is 0 Å². The second-order valence-corrected chi connectivity index (χ2v) is 4.39. The molecule has 0 aromatic heterocycles. The molecule has 72 valence electrons. The summed E-state index contributed by atoms with van der Waals surface area (Å²) in [5.41, 5.74) is -0.492. The Balaban J connectivity index is 2.46. The Morgan fingerprint density at radius 2 is 2.17 bits per heavy atom. The van der Waals surface area contributed by atoms with E-state index in [9.17, 15) is 5.11 Å². The van der Waals surface area contributed by atoms with E-state index in [1.165, 1.54) is 19.4 Å². The Labute approximate surface area is 75.6 Å². The van der Waals surface area contributed by atoms with Crippen LogP contribution < -0.4 is 0 Å². The molecule has 1 atom stereocenters. The van der Waals surface area contributed by atoms with Gasteiger partial charge in [-0.1, -0.05) is 6.92 Å². The van der Waals surface area contributed by atoms with Gasteiger partial charge in [0.2, 0.25) is 0 Å². The van der Waals surface area contributed by atoms with E-state index in [0.29, 0.717) is 5.92 Å². The highest BCUT2D eigenvalue weighted by Gasteiger charge is 2.30. The monoisotopic (exact) mass is 171 g/mol. The summed E-state index contributed by atoms with van der Waals surface area (Å²) in [7, 11) is 0. The fourth-order valence-electron chi connectivity index (χ4n) is 1.92. The number of hydrogen-bond donors (Lipinski definition) is 1. The van der Waals surface area contributed by atoms with Gasteiger partial charge in [0, 0.05) is 6.54 Å². The molecule has 0 saturated carbocycles. The number of nitrogens with zero attached hydrogens (tertiary/aromatic N) is 1. The highest BCUT2D eigenvalue weighted by atomic mass is 16.3. The Morgan fingerprint density at radius 1 is 1.50 bits per heavy atom. The normalized spacial score (nSPS) is 27.5. The van der Waals surface area contributed by atoms with Crippen LogP contribution in [0.3, 0.4) is 0 Å². The molecule has 1 saturated heterocycles. The van der Waals surface area contributed by atoms with Crippen molar-refractivity contribution < 1.29 is 5.11 Å². The highest BCUT2D eigenvalue weighted by molar-refractivity contribution is 4.83. The molecule has 0 unspecified atom stereocenters. The number of rotatable bonds is 2. The third kappa shape index (κ3) is 2.46. The predicted molar refractivity (Wildman–Crippen MR) is 51.1 cm³/mol. The predicted octanol–water partition coefficient (Wildman–Crippen LogP) is 1.49. The molecule has 0 spiro atoms. The average Bonchev–Trinajstić information content (AvgIpc) is 2.03. The van der Waals surface area contributed by atoms with Gasteiger partial charge in [0.05, 0.1) is 5.60 Å². The van der Waals surface area contributed by atoms with Gasteiger partial charge in [0.15, 0.2) is 0 Å². The minimum Gasteiger partial charge on any atom is -0.390 e. The molecule has 1 heterocycles. The van der Waals surface area contributed by atoms with Gasteiger partial charge in [-0.2, -0.15) is 0 Å². The van der Waals surface area contributed by atoms with E-state index in [-0.39, 0.29) is 0 Å². The number of hydrogen-bond acceptors (Lipinski definition) is 2. The molecule has 0 aromatic carbocycles. The van der Waals surface area contributed by atoms with Crippen molar-refractivity contribution in [3.63, 3.8) is 0 Å². The van der Waals surface area contributed by atoms with Gasteiger partial charge in [-0.15, -0.1) is 0 Å². The maximum atomic E-state index is 9.83. The molecule has 2 nitrogen and oxygen atoms in total. The number of piperidine rings is 1. The van der Waals surface area contributed by atoms with Gasteiger partial charge in [0.25, 0.3) is 0 Å². The Morgan fingerprint density at radius 3 is 2.67 bits per heavy atom. The van der Waals surface area contributed by atoms with E-state index >= 15 is 0 Å². The molecule has 2 heteroatoms. The lowest BCUT2D eigenvalue weighted by atomic mass is 9.84. The summed E-state index contributed by atoms with van der Waals surface area (Å²) in [5, 5.41) is 9.83. The van der Waals surface area contributed by atoms with Gasteiger partial charge in [-0.05, 0) is 45.7 Å². The lowest BCUT2D eigenvalue weighted by Gasteiger charge is -2.38. The van der Waals surface area contributed by atoms with Gasteiger partial charge in [0.1, 0.15) is 0 Å². The van der Waals surface area contributed by atoms with Crippen molar-refractivity contribution in [3.8, 4) is 0 Å². The van der Waals surface area contributed by atoms with Crippen LogP contribution in [0.4, 0.5) is 0 Å². The standard InChI is InChI=1S/C10H21NO/c1-4-11-7-5-6-9(8-11)10(2,3)12/h9,12H,4-8H2,1-3H3/t9-/m1/s1.